The monoisotopic (exact) mass is 386 g/mol. The molecule has 0 aliphatic rings. The third kappa shape index (κ3) is 3.04. The van der Waals surface area contributed by atoms with Gasteiger partial charge in [0, 0.05) is 20.6 Å². The zero-order valence-electron chi connectivity index (χ0n) is 12.7. The van der Waals surface area contributed by atoms with Crippen LogP contribution in [0.4, 0.5) is 4.79 Å². The van der Waals surface area contributed by atoms with E-state index in [-0.39, 0.29) is 22.4 Å². The van der Waals surface area contributed by atoms with Crippen molar-refractivity contribution in [2.24, 2.45) is 14.1 Å². The first-order chi connectivity index (χ1) is 10.8. The molecule has 0 radical (unpaired) electrons. The number of hydrogen-bond donors (Lipinski definition) is 2. The van der Waals surface area contributed by atoms with Crippen LogP contribution in [0.5, 0.6) is 0 Å². The third-order valence-corrected chi connectivity index (χ3v) is 3.79. The normalized spacial score (nSPS) is 10.8. The highest BCUT2D eigenvalue weighted by Gasteiger charge is 2.19. The molecule has 0 aliphatic carbocycles. The Morgan fingerprint density at radius 3 is 2.48 bits per heavy atom. The molecule has 2 aromatic heterocycles. The molecule has 10 nitrogen and oxygen atoms in total. The minimum absolute atomic E-state index is 0.0484. The molecule has 2 aromatic rings. The van der Waals surface area contributed by atoms with Crippen LogP contribution in [-0.2, 0) is 25.4 Å². The summed E-state index contributed by atoms with van der Waals surface area (Å²) in [6.07, 6.45) is 0. The molecule has 3 amide bonds. The molecule has 0 aliphatic heterocycles. The second-order valence-electron chi connectivity index (χ2n) is 4.75. The molecule has 0 bridgehead atoms. The third-order valence-electron chi connectivity index (χ3n) is 3.19. The van der Waals surface area contributed by atoms with Gasteiger partial charge in [-0.15, -0.1) is 0 Å². The highest BCUT2D eigenvalue weighted by atomic mass is 79.9. The average molecular weight is 387 g/mol. The smallest absolute Gasteiger partial charge is 0.332 e. The largest absolute Gasteiger partial charge is 0.338 e. The van der Waals surface area contributed by atoms with Gasteiger partial charge in [-0.2, -0.15) is 0 Å². The molecule has 2 heterocycles. The van der Waals surface area contributed by atoms with Crippen LogP contribution in [0, 0.1) is 0 Å². The second kappa shape index (κ2) is 6.36. The zero-order chi connectivity index (χ0) is 17.3. The van der Waals surface area contributed by atoms with E-state index in [1.807, 2.05) is 0 Å². The molecule has 11 heteroatoms. The molecule has 2 N–H and O–H groups in total. The number of amides is 3. The lowest BCUT2D eigenvalue weighted by atomic mass is 10.5. The summed E-state index contributed by atoms with van der Waals surface area (Å²) in [6, 6.07) is -0.622. The standard InChI is InChI=1S/C12H15BrN6O4/c1-4-14-11(22)15-6(20)5-19-8-7(16-10(19)13)9(21)18(3)12(23)17(8)2/h4-5H2,1-3H3,(H2,14,15,20,22). The van der Waals surface area contributed by atoms with Crippen molar-refractivity contribution in [2.75, 3.05) is 6.54 Å². The number of imidazole rings is 1. The summed E-state index contributed by atoms with van der Waals surface area (Å²) < 4.78 is 3.69. The Morgan fingerprint density at radius 2 is 1.87 bits per heavy atom. The van der Waals surface area contributed by atoms with Gasteiger partial charge in [0.05, 0.1) is 0 Å². The van der Waals surface area contributed by atoms with E-state index in [9.17, 15) is 19.2 Å². The maximum Gasteiger partial charge on any atom is 0.332 e. The van der Waals surface area contributed by atoms with Crippen molar-refractivity contribution in [2.45, 2.75) is 13.5 Å². The van der Waals surface area contributed by atoms with Gasteiger partial charge >= 0.3 is 11.7 Å². The molecule has 0 saturated carbocycles. The maximum atomic E-state index is 12.1. The van der Waals surface area contributed by atoms with Crippen LogP contribution >= 0.6 is 15.9 Å². The van der Waals surface area contributed by atoms with Gasteiger partial charge in [-0.3, -0.25) is 28.6 Å². The number of carbonyl (C=O) groups excluding carboxylic acids is 2. The van der Waals surface area contributed by atoms with Crippen LogP contribution in [0.3, 0.4) is 0 Å². The van der Waals surface area contributed by atoms with Crippen LogP contribution in [0.25, 0.3) is 11.2 Å². The summed E-state index contributed by atoms with van der Waals surface area (Å²) in [7, 11) is 2.81. The summed E-state index contributed by atoms with van der Waals surface area (Å²) in [5.74, 6) is -0.607. The number of fused-ring (bicyclic) bond motifs is 1. The number of carbonyl (C=O) groups is 2. The van der Waals surface area contributed by atoms with E-state index < -0.39 is 23.2 Å². The Bertz CT molecular complexity index is 909. The Labute approximate surface area is 138 Å². The highest BCUT2D eigenvalue weighted by molar-refractivity contribution is 9.10. The molecule has 124 valence electrons. The number of urea groups is 1. The van der Waals surface area contributed by atoms with E-state index in [1.54, 1.807) is 6.92 Å². The van der Waals surface area contributed by atoms with E-state index in [0.717, 1.165) is 4.57 Å². The summed E-state index contributed by atoms with van der Waals surface area (Å²) in [6.45, 7) is 1.81. The summed E-state index contributed by atoms with van der Waals surface area (Å²) in [5, 5.41) is 4.57. The number of halogens is 1. The fourth-order valence-corrected chi connectivity index (χ4v) is 2.59. The number of imide groups is 1. The van der Waals surface area contributed by atoms with Crippen molar-refractivity contribution in [3.8, 4) is 0 Å². The van der Waals surface area contributed by atoms with Gasteiger partial charge < -0.3 is 5.32 Å². The first kappa shape index (κ1) is 16.9. The summed E-state index contributed by atoms with van der Waals surface area (Å²) in [4.78, 5) is 51.5. The van der Waals surface area contributed by atoms with Gasteiger partial charge in [-0.25, -0.2) is 14.6 Å². The molecule has 0 spiro atoms. The molecular weight excluding hydrogens is 372 g/mol. The van der Waals surface area contributed by atoms with E-state index in [1.165, 1.54) is 23.2 Å². The lowest BCUT2D eigenvalue weighted by Crippen LogP contribution is -2.41. The van der Waals surface area contributed by atoms with E-state index in [2.05, 4.69) is 31.5 Å². The quantitative estimate of drug-likeness (QED) is 0.658. The van der Waals surface area contributed by atoms with Gasteiger partial charge in [0.1, 0.15) is 6.54 Å². The Morgan fingerprint density at radius 1 is 1.22 bits per heavy atom. The Kier molecular flexibility index (Phi) is 4.68. The van der Waals surface area contributed by atoms with Crippen molar-refractivity contribution in [3.63, 3.8) is 0 Å². The predicted molar refractivity (Wildman–Crippen MR) is 85.1 cm³/mol. The summed E-state index contributed by atoms with van der Waals surface area (Å²) >= 11 is 3.16. The van der Waals surface area contributed by atoms with Crippen molar-refractivity contribution < 1.29 is 9.59 Å². The molecule has 0 saturated heterocycles. The fourth-order valence-electron chi connectivity index (χ4n) is 2.12. The summed E-state index contributed by atoms with van der Waals surface area (Å²) in [5.41, 5.74) is -0.865. The minimum atomic E-state index is -0.622. The predicted octanol–water partition coefficient (Wildman–Crippen LogP) is -0.958. The number of aryl methyl sites for hydroxylation is 1. The number of nitrogens with zero attached hydrogens (tertiary/aromatic N) is 4. The lowest BCUT2D eigenvalue weighted by Gasteiger charge is -2.09. The SMILES string of the molecule is CCNC(=O)NC(=O)Cn1c(Br)nc2c(=O)n(C)c(=O)n(C)c21. The second-order valence-corrected chi connectivity index (χ2v) is 5.46. The number of rotatable bonds is 3. The number of nitrogens with one attached hydrogen (secondary N) is 2. The van der Waals surface area contributed by atoms with Gasteiger partial charge in [0.15, 0.2) is 15.9 Å². The zero-order valence-corrected chi connectivity index (χ0v) is 14.3. The Balaban J connectivity index is 2.48. The van der Waals surface area contributed by atoms with Crippen LogP contribution in [0.1, 0.15) is 6.92 Å². The average Bonchev–Trinajstić information content (AvgIpc) is 2.80. The highest BCUT2D eigenvalue weighted by Crippen LogP contribution is 2.16. The van der Waals surface area contributed by atoms with Crippen LogP contribution in [-0.4, -0.2) is 37.2 Å². The van der Waals surface area contributed by atoms with Crippen LogP contribution in [0.15, 0.2) is 14.3 Å². The van der Waals surface area contributed by atoms with Crippen LogP contribution < -0.4 is 21.9 Å². The van der Waals surface area contributed by atoms with Crippen molar-refractivity contribution in [1.82, 2.24) is 29.3 Å². The first-order valence-electron chi connectivity index (χ1n) is 6.67. The molecule has 2 rings (SSSR count). The van der Waals surface area contributed by atoms with Gasteiger partial charge in [-0.1, -0.05) is 0 Å². The number of hydrogen-bond acceptors (Lipinski definition) is 5. The molecule has 0 fully saturated rings. The van der Waals surface area contributed by atoms with Gasteiger partial charge in [0.25, 0.3) is 5.56 Å². The molecule has 23 heavy (non-hydrogen) atoms. The van der Waals surface area contributed by atoms with Crippen molar-refractivity contribution >= 4 is 39.0 Å². The Hall–Kier alpha value is -2.43. The molecule has 0 aromatic carbocycles. The molecular formula is C12H15BrN6O4. The van der Waals surface area contributed by atoms with Crippen molar-refractivity contribution in [3.05, 3.63) is 25.6 Å². The lowest BCUT2D eigenvalue weighted by molar-refractivity contribution is -0.120. The van der Waals surface area contributed by atoms with E-state index in [4.69, 9.17) is 0 Å². The van der Waals surface area contributed by atoms with Gasteiger partial charge in [-0.05, 0) is 22.9 Å². The first-order valence-corrected chi connectivity index (χ1v) is 7.46. The maximum absolute atomic E-state index is 12.1. The minimum Gasteiger partial charge on any atom is -0.338 e. The van der Waals surface area contributed by atoms with E-state index in [0.29, 0.717) is 6.54 Å². The van der Waals surface area contributed by atoms with Crippen LogP contribution in [0.2, 0.25) is 0 Å². The fraction of sp³-hybridized carbons (Fsp3) is 0.417. The number of aromatic nitrogens is 4. The van der Waals surface area contributed by atoms with Crippen molar-refractivity contribution in [1.29, 1.82) is 0 Å². The van der Waals surface area contributed by atoms with E-state index >= 15 is 0 Å². The molecule has 0 unspecified atom stereocenters. The topological polar surface area (TPSA) is 120 Å². The van der Waals surface area contributed by atoms with Gasteiger partial charge in [0.2, 0.25) is 5.91 Å². The molecule has 0 atom stereocenters.